The van der Waals surface area contributed by atoms with Gasteiger partial charge in [-0.25, -0.2) is 4.79 Å². The number of amides is 3. The average Bonchev–Trinajstić information content (AvgIpc) is 3.75. The van der Waals surface area contributed by atoms with Crippen molar-refractivity contribution in [3.63, 3.8) is 0 Å². The van der Waals surface area contributed by atoms with E-state index in [0.29, 0.717) is 0 Å². The molecule has 6 heterocycles. The van der Waals surface area contributed by atoms with Crippen LogP contribution in [0.2, 0.25) is 0 Å². The summed E-state index contributed by atoms with van der Waals surface area (Å²) in [6, 6.07) is -3.65. The molecule has 300 valence electrons. The van der Waals surface area contributed by atoms with Crippen LogP contribution in [0.15, 0.2) is 0 Å². The number of ether oxygens (including phenoxy) is 9. The number of hydrogen-bond donors (Lipinski definition) is 5. The summed E-state index contributed by atoms with van der Waals surface area (Å²) >= 11 is 0. The fourth-order valence-electron chi connectivity index (χ4n) is 7.00. The van der Waals surface area contributed by atoms with Crippen molar-refractivity contribution < 1.29 is 84.9 Å². The van der Waals surface area contributed by atoms with Crippen molar-refractivity contribution in [1.29, 1.82) is 0 Å². The molecule has 6 N–H and O–H groups in total. The van der Waals surface area contributed by atoms with Crippen LogP contribution in [0.3, 0.4) is 0 Å². The smallest absolute Gasteiger partial charge is 0.475 e. The van der Waals surface area contributed by atoms with Gasteiger partial charge < -0.3 is 69.4 Å². The Labute approximate surface area is 301 Å². The summed E-state index contributed by atoms with van der Waals surface area (Å²) in [5.41, 5.74) is 5.82. The van der Waals surface area contributed by atoms with Crippen molar-refractivity contribution in [2.75, 3.05) is 20.3 Å². The highest BCUT2D eigenvalue weighted by atomic mass is 19.4. The van der Waals surface area contributed by atoms with Crippen LogP contribution in [0.25, 0.3) is 0 Å². The largest absolute Gasteiger partial charge is 0.490 e. The van der Waals surface area contributed by atoms with Crippen molar-refractivity contribution in [2.24, 2.45) is 17.6 Å². The average molecular weight is 771 g/mol. The zero-order valence-corrected chi connectivity index (χ0v) is 29.9. The maximum absolute atomic E-state index is 13.7. The van der Waals surface area contributed by atoms with Gasteiger partial charge in [0.2, 0.25) is 17.7 Å². The molecule has 14 atom stereocenters. The lowest BCUT2D eigenvalue weighted by molar-refractivity contribution is -0.234. The van der Waals surface area contributed by atoms with Gasteiger partial charge in [0.05, 0.1) is 44.4 Å². The van der Waals surface area contributed by atoms with Crippen LogP contribution in [-0.4, -0.2) is 146 Å². The van der Waals surface area contributed by atoms with Gasteiger partial charge >= 0.3 is 18.1 Å². The molecule has 6 aliphatic rings. The van der Waals surface area contributed by atoms with Crippen LogP contribution < -0.4 is 21.7 Å². The van der Waals surface area contributed by atoms with Crippen LogP contribution in [-0.2, 0) is 66.6 Å². The number of methoxy groups -OCH3 is 1. The van der Waals surface area contributed by atoms with E-state index < -0.39 is 133 Å². The minimum Gasteiger partial charge on any atom is -0.475 e. The Kier molecular flexibility index (Phi) is 11.7. The van der Waals surface area contributed by atoms with Gasteiger partial charge in [0.25, 0.3) is 0 Å². The van der Waals surface area contributed by atoms with Crippen molar-refractivity contribution in [3.8, 4) is 0 Å². The van der Waals surface area contributed by atoms with Gasteiger partial charge in [0.1, 0.15) is 48.6 Å². The molecule has 0 bridgehead atoms. The van der Waals surface area contributed by atoms with E-state index in [1.165, 1.54) is 21.0 Å². The molecule has 53 heavy (non-hydrogen) atoms. The minimum atomic E-state index is -5.08. The van der Waals surface area contributed by atoms with Crippen LogP contribution in [0.1, 0.15) is 41.5 Å². The molecule has 0 aromatic rings. The number of halogens is 3. The van der Waals surface area contributed by atoms with E-state index in [9.17, 15) is 32.3 Å². The minimum absolute atomic E-state index is 0.0502. The van der Waals surface area contributed by atoms with Crippen molar-refractivity contribution in [3.05, 3.63) is 0 Å². The zero-order valence-electron chi connectivity index (χ0n) is 29.9. The first kappa shape index (κ1) is 41.0. The van der Waals surface area contributed by atoms with E-state index >= 15 is 0 Å². The second-order valence-corrected chi connectivity index (χ2v) is 14.4. The number of carbonyl (C=O) groups excluding carboxylic acids is 4. The monoisotopic (exact) mass is 770 g/mol. The topological polar surface area (TPSA) is 251 Å². The first-order valence-electron chi connectivity index (χ1n) is 16.8. The van der Waals surface area contributed by atoms with Crippen LogP contribution in [0.5, 0.6) is 0 Å². The Morgan fingerprint density at radius 3 is 1.62 bits per heavy atom. The predicted octanol–water partition coefficient (Wildman–Crippen LogP) is -1.60. The number of nitrogens with two attached hydrogens (primary N) is 1. The fraction of sp³-hybridized carbons (Fsp3) is 0.839. The Morgan fingerprint density at radius 1 is 0.755 bits per heavy atom. The first-order valence-corrected chi connectivity index (χ1v) is 16.8. The maximum atomic E-state index is 13.7. The van der Waals surface area contributed by atoms with Gasteiger partial charge in [-0.1, -0.05) is 0 Å². The zero-order chi connectivity index (χ0) is 39.4. The van der Waals surface area contributed by atoms with Crippen molar-refractivity contribution >= 4 is 29.7 Å². The van der Waals surface area contributed by atoms with Crippen LogP contribution in [0, 0.1) is 11.8 Å². The Morgan fingerprint density at radius 2 is 1.19 bits per heavy atom. The van der Waals surface area contributed by atoms with E-state index in [1.54, 1.807) is 27.7 Å². The van der Waals surface area contributed by atoms with Crippen LogP contribution >= 0.6 is 0 Å². The molecule has 0 saturated carbocycles. The number of carboxylic acids is 1. The lowest BCUT2D eigenvalue weighted by Gasteiger charge is -2.41. The third-order valence-electron chi connectivity index (χ3n) is 9.43. The summed E-state index contributed by atoms with van der Waals surface area (Å²) in [6.45, 7) is 9.90. The van der Waals surface area contributed by atoms with Gasteiger partial charge in [-0.05, 0) is 41.5 Å². The number of rotatable bonds is 7. The number of carbonyl (C=O) groups is 5. The molecular weight excluding hydrogens is 725 g/mol. The fourth-order valence-corrected chi connectivity index (χ4v) is 7.00. The van der Waals surface area contributed by atoms with Gasteiger partial charge in [0, 0.05) is 0 Å². The number of hydrogen-bond acceptors (Lipinski definition) is 15. The summed E-state index contributed by atoms with van der Waals surface area (Å²) in [5.74, 6) is -8.60. The number of aliphatic carboxylic acids is 1. The first-order chi connectivity index (χ1) is 24.5. The van der Waals surface area contributed by atoms with Crippen molar-refractivity contribution in [1.82, 2.24) is 16.0 Å². The lowest BCUT2D eigenvalue weighted by atomic mass is 9.87. The van der Waals surface area contributed by atoms with Crippen LogP contribution in [0.4, 0.5) is 13.2 Å². The third-order valence-corrected chi connectivity index (χ3v) is 9.43. The number of carboxylic acid groups (broad SMARTS) is 1. The standard InChI is InChI=1S/C29H44N4O13.C2HF3O2/c1-10(30)22(34)32-14-12(8-39-18-16(14)41-26-20(18)43-28(3,4)45-26)24(36)31-11(2)23(35)33-15-13(25(37)38-7)9-40-19-17(15)42-27-21(19)44-29(5,6)46-27;3-2(4,5)1(6)7/h10-21,26-27H,8-9,30H2,1-7H3,(H,31,36)(H,32,34)(H,33,35);(H,6,7)/t10-,11-,12-,13-,14-,15-,16+,17+,18-,19-,20+,21+,26+,27+;/m0./s1. The van der Waals surface area contributed by atoms with Gasteiger partial charge in [0.15, 0.2) is 24.2 Å². The Bertz CT molecular complexity index is 1430. The summed E-state index contributed by atoms with van der Waals surface area (Å²) < 4.78 is 84.5. The quantitative estimate of drug-likeness (QED) is 0.183. The van der Waals surface area contributed by atoms with Gasteiger partial charge in [-0.15, -0.1) is 0 Å². The lowest BCUT2D eigenvalue weighted by Crippen LogP contribution is -2.65. The number of nitrogens with one attached hydrogen (secondary N) is 3. The highest BCUT2D eigenvalue weighted by Crippen LogP contribution is 2.44. The predicted molar refractivity (Wildman–Crippen MR) is 165 cm³/mol. The normalized spacial score (nSPS) is 38.7. The van der Waals surface area contributed by atoms with E-state index in [-0.39, 0.29) is 13.2 Å². The molecule has 6 aliphatic heterocycles. The number of esters is 1. The second kappa shape index (κ2) is 15.1. The molecular formula is C31H45F3N4O15. The Balaban J connectivity index is 0.000000705. The van der Waals surface area contributed by atoms with Gasteiger partial charge in [-0.2, -0.15) is 13.2 Å². The van der Waals surface area contributed by atoms with Gasteiger partial charge in [-0.3, -0.25) is 19.2 Å². The Hall–Kier alpha value is -3.22. The molecule has 0 unspecified atom stereocenters. The maximum Gasteiger partial charge on any atom is 0.490 e. The molecule has 0 radical (unpaired) electrons. The number of fused-ring (bicyclic) bond motifs is 6. The molecule has 6 saturated heterocycles. The molecule has 3 amide bonds. The van der Waals surface area contributed by atoms with Crippen molar-refractivity contribution in [2.45, 2.75) is 133 Å². The highest BCUT2D eigenvalue weighted by molar-refractivity contribution is 5.90. The molecule has 6 fully saturated rings. The summed E-state index contributed by atoms with van der Waals surface area (Å²) in [4.78, 5) is 61.5. The molecule has 0 spiro atoms. The third kappa shape index (κ3) is 8.70. The van der Waals surface area contributed by atoms with E-state index in [0.717, 1.165) is 0 Å². The molecule has 0 aliphatic carbocycles. The summed E-state index contributed by atoms with van der Waals surface area (Å²) in [5, 5.41) is 15.5. The van der Waals surface area contributed by atoms with E-state index in [2.05, 4.69) is 16.0 Å². The molecule has 19 nitrogen and oxygen atoms in total. The van der Waals surface area contributed by atoms with E-state index in [4.69, 9.17) is 58.3 Å². The second-order valence-electron chi connectivity index (χ2n) is 14.4. The summed E-state index contributed by atoms with van der Waals surface area (Å²) in [7, 11) is 1.24. The highest BCUT2D eigenvalue weighted by Gasteiger charge is 2.62. The molecule has 0 aromatic carbocycles. The number of alkyl halides is 3. The molecule has 0 aromatic heterocycles. The SMILES string of the molecule is COC(=O)[C@H]1CO[C@H]2[C@H](O[C@@H]3OC(C)(C)O[C@@H]32)[C@H]1NC(=O)[C@H](C)NC(=O)[C@H]1CO[C@H]2[C@H](O[C@@H]3OC(C)(C)O[C@@H]32)[C@H]1NC(=O)[C@H](C)N.O=C(O)C(F)(F)F. The molecule has 6 rings (SSSR count). The molecule has 22 heteroatoms. The summed E-state index contributed by atoms with van der Waals surface area (Å²) in [6.07, 6.45) is -10.5. The van der Waals surface area contributed by atoms with E-state index in [1.807, 2.05) is 0 Å².